The highest BCUT2D eigenvalue weighted by molar-refractivity contribution is 5.97. The van der Waals surface area contributed by atoms with Gasteiger partial charge in [-0.25, -0.2) is 0 Å². The second-order valence-electron chi connectivity index (χ2n) is 5.15. The van der Waals surface area contributed by atoms with Gasteiger partial charge < -0.3 is 10.6 Å². The molecule has 0 aromatic carbocycles. The van der Waals surface area contributed by atoms with Crippen LogP contribution in [0.1, 0.15) is 42.4 Å². The summed E-state index contributed by atoms with van der Waals surface area (Å²) in [6, 6.07) is 0. The van der Waals surface area contributed by atoms with E-state index in [4.69, 9.17) is 5.73 Å². The average Bonchev–Trinajstić information content (AvgIpc) is 2.59. The summed E-state index contributed by atoms with van der Waals surface area (Å²) in [6.45, 7) is 5.29. The molecule has 1 aliphatic carbocycles. The molecule has 1 saturated carbocycles. The maximum atomic E-state index is 12.4. The Morgan fingerprint density at radius 1 is 1.56 bits per heavy atom. The fraction of sp³-hybridized carbons (Fsp3) is 0.692. The van der Waals surface area contributed by atoms with Crippen LogP contribution < -0.4 is 5.73 Å². The predicted octanol–water partition coefficient (Wildman–Crippen LogP) is 1.67. The van der Waals surface area contributed by atoms with E-state index in [2.05, 4.69) is 5.10 Å². The maximum absolute atomic E-state index is 12.4. The lowest BCUT2D eigenvalue weighted by Gasteiger charge is -2.30. The number of carbonyl (C=O) groups is 1. The molecular formula is C13H22N4O. The summed E-state index contributed by atoms with van der Waals surface area (Å²) in [6.07, 6.45) is 3.76. The molecule has 0 radical (unpaired) electrons. The minimum absolute atomic E-state index is 0.0122. The van der Waals surface area contributed by atoms with Crippen molar-refractivity contribution in [3.8, 4) is 0 Å². The fourth-order valence-corrected chi connectivity index (χ4v) is 2.38. The van der Waals surface area contributed by atoms with Gasteiger partial charge >= 0.3 is 0 Å². The van der Waals surface area contributed by atoms with E-state index in [0.29, 0.717) is 23.8 Å². The summed E-state index contributed by atoms with van der Waals surface area (Å²) in [5.41, 5.74) is 7.75. The lowest BCUT2D eigenvalue weighted by atomic mass is 9.85. The van der Waals surface area contributed by atoms with E-state index in [1.807, 2.05) is 20.9 Å². The molecule has 0 saturated heterocycles. The molecule has 1 aliphatic rings. The van der Waals surface area contributed by atoms with Crippen molar-refractivity contribution in [2.45, 2.75) is 39.7 Å². The van der Waals surface area contributed by atoms with Crippen LogP contribution in [-0.2, 0) is 6.54 Å². The molecule has 1 heterocycles. The fourth-order valence-electron chi connectivity index (χ4n) is 2.38. The van der Waals surface area contributed by atoms with E-state index in [9.17, 15) is 4.79 Å². The van der Waals surface area contributed by atoms with Crippen LogP contribution in [0.15, 0.2) is 0 Å². The van der Waals surface area contributed by atoms with Gasteiger partial charge in [0.15, 0.2) is 0 Å². The first-order valence-corrected chi connectivity index (χ1v) is 6.63. The smallest absolute Gasteiger partial charge is 0.274 e. The van der Waals surface area contributed by atoms with E-state index in [0.717, 1.165) is 12.2 Å². The predicted molar refractivity (Wildman–Crippen MR) is 71.4 cm³/mol. The second kappa shape index (κ2) is 5.00. The molecule has 1 aromatic rings. The van der Waals surface area contributed by atoms with E-state index in [1.54, 1.807) is 9.58 Å². The van der Waals surface area contributed by atoms with Crippen molar-refractivity contribution in [2.24, 2.45) is 5.92 Å². The summed E-state index contributed by atoms with van der Waals surface area (Å²) >= 11 is 0. The first-order chi connectivity index (χ1) is 8.54. The third-order valence-corrected chi connectivity index (χ3v) is 3.78. The second-order valence-corrected chi connectivity index (χ2v) is 5.15. The number of nitrogens with two attached hydrogens (primary N) is 1. The van der Waals surface area contributed by atoms with Crippen LogP contribution in [0.3, 0.4) is 0 Å². The molecule has 0 unspecified atom stereocenters. The lowest BCUT2D eigenvalue weighted by molar-refractivity contribution is 0.0734. The van der Waals surface area contributed by atoms with Crippen molar-refractivity contribution < 1.29 is 4.79 Å². The molecule has 2 N–H and O–H groups in total. The summed E-state index contributed by atoms with van der Waals surface area (Å²) in [5.74, 6) is 0.654. The van der Waals surface area contributed by atoms with Gasteiger partial charge in [-0.15, -0.1) is 0 Å². The summed E-state index contributed by atoms with van der Waals surface area (Å²) in [7, 11) is 1.85. The number of carbonyl (C=O) groups excluding carboxylic acids is 1. The monoisotopic (exact) mass is 250 g/mol. The van der Waals surface area contributed by atoms with Crippen LogP contribution in [0.2, 0.25) is 0 Å². The van der Waals surface area contributed by atoms with Crippen molar-refractivity contribution in [1.29, 1.82) is 0 Å². The van der Waals surface area contributed by atoms with Gasteiger partial charge in [-0.1, -0.05) is 6.42 Å². The van der Waals surface area contributed by atoms with Crippen molar-refractivity contribution in [3.63, 3.8) is 0 Å². The molecule has 0 spiro atoms. The Morgan fingerprint density at radius 3 is 2.72 bits per heavy atom. The number of nitrogen functional groups attached to an aromatic ring is 1. The zero-order valence-electron chi connectivity index (χ0n) is 11.4. The lowest BCUT2D eigenvalue weighted by Crippen LogP contribution is -2.35. The first kappa shape index (κ1) is 12.9. The molecule has 5 heteroatoms. The highest BCUT2D eigenvalue weighted by atomic mass is 16.2. The molecule has 0 atom stereocenters. The number of rotatable bonds is 4. The maximum Gasteiger partial charge on any atom is 0.274 e. The zero-order chi connectivity index (χ0) is 13.3. The van der Waals surface area contributed by atoms with E-state index >= 15 is 0 Å². The number of nitrogens with zero attached hydrogens (tertiary/aromatic N) is 3. The molecule has 18 heavy (non-hydrogen) atoms. The Hall–Kier alpha value is -1.52. The van der Waals surface area contributed by atoms with Crippen molar-refractivity contribution in [2.75, 3.05) is 19.3 Å². The molecule has 1 aromatic heterocycles. The molecule has 2 rings (SSSR count). The Kier molecular flexibility index (Phi) is 3.59. The largest absolute Gasteiger partial charge is 0.395 e. The highest BCUT2D eigenvalue weighted by Gasteiger charge is 2.26. The summed E-state index contributed by atoms with van der Waals surface area (Å²) in [5, 5.41) is 4.29. The average molecular weight is 250 g/mol. The normalized spacial score (nSPS) is 15.5. The van der Waals surface area contributed by atoms with E-state index < -0.39 is 0 Å². The molecular weight excluding hydrogens is 228 g/mol. The Morgan fingerprint density at radius 2 is 2.22 bits per heavy atom. The number of amides is 1. The zero-order valence-corrected chi connectivity index (χ0v) is 11.4. The van der Waals surface area contributed by atoms with Crippen LogP contribution in [-0.4, -0.2) is 34.2 Å². The summed E-state index contributed by atoms with van der Waals surface area (Å²) in [4.78, 5) is 14.2. The van der Waals surface area contributed by atoms with Gasteiger partial charge in [0.1, 0.15) is 5.69 Å². The van der Waals surface area contributed by atoms with Crippen LogP contribution in [0.25, 0.3) is 0 Å². The Balaban J connectivity index is 2.16. The third-order valence-electron chi connectivity index (χ3n) is 3.78. The Labute approximate surface area is 108 Å². The van der Waals surface area contributed by atoms with E-state index in [1.165, 1.54) is 19.3 Å². The number of aryl methyl sites for hydroxylation is 2. The van der Waals surface area contributed by atoms with Crippen LogP contribution in [0, 0.1) is 12.8 Å². The van der Waals surface area contributed by atoms with Crippen LogP contribution in [0.5, 0.6) is 0 Å². The molecule has 5 nitrogen and oxygen atoms in total. The SMILES string of the molecule is CCn1nc(C)c(N)c1C(=O)N(C)CC1CCC1. The van der Waals surface area contributed by atoms with E-state index in [-0.39, 0.29) is 5.91 Å². The minimum Gasteiger partial charge on any atom is -0.395 e. The minimum atomic E-state index is -0.0122. The van der Waals surface area contributed by atoms with Gasteiger partial charge in [0.05, 0.1) is 11.4 Å². The Bertz CT molecular complexity index is 448. The van der Waals surface area contributed by atoms with Crippen molar-refractivity contribution >= 4 is 11.6 Å². The van der Waals surface area contributed by atoms with Crippen LogP contribution >= 0.6 is 0 Å². The molecule has 1 fully saturated rings. The van der Waals surface area contributed by atoms with Crippen LogP contribution in [0.4, 0.5) is 5.69 Å². The first-order valence-electron chi connectivity index (χ1n) is 6.63. The highest BCUT2D eigenvalue weighted by Crippen LogP contribution is 2.27. The topological polar surface area (TPSA) is 64.2 Å². The van der Waals surface area contributed by atoms with Gasteiger partial charge in [-0.05, 0) is 32.6 Å². The third kappa shape index (κ3) is 2.21. The quantitative estimate of drug-likeness (QED) is 0.884. The van der Waals surface area contributed by atoms with Gasteiger partial charge in [-0.2, -0.15) is 5.10 Å². The van der Waals surface area contributed by atoms with Crippen molar-refractivity contribution in [3.05, 3.63) is 11.4 Å². The van der Waals surface area contributed by atoms with Gasteiger partial charge in [0.25, 0.3) is 5.91 Å². The van der Waals surface area contributed by atoms with Gasteiger partial charge in [0, 0.05) is 20.1 Å². The number of hydrogen-bond acceptors (Lipinski definition) is 3. The molecule has 100 valence electrons. The van der Waals surface area contributed by atoms with Gasteiger partial charge in [-0.3, -0.25) is 9.48 Å². The van der Waals surface area contributed by atoms with Gasteiger partial charge in [0.2, 0.25) is 0 Å². The molecule has 0 aliphatic heterocycles. The molecule has 1 amide bonds. The number of aromatic nitrogens is 2. The number of hydrogen-bond donors (Lipinski definition) is 1. The standard InChI is InChI=1S/C13H22N4O/c1-4-17-12(11(14)9(2)15-17)13(18)16(3)8-10-6-5-7-10/h10H,4-8,14H2,1-3H3. The van der Waals surface area contributed by atoms with Crippen molar-refractivity contribution in [1.82, 2.24) is 14.7 Å². The molecule has 0 bridgehead atoms. The summed E-state index contributed by atoms with van der Waals surface area (Å²) < 4.78 is 1.70. The number of anilines is 1.